The molecule has 0 bridgehead atoms. The summed E-state index contributed by atoms with van der Waals surface area (Å²) in [5.74, 6) is -0.923. The van der Waals surface area contributed by atoms with E-state index >= 15 is 0 Å². The number of carbonyl (C=O) groups is 1. The van der Waals surface area contributed by atoms with Crippen molar-refractivity contribution >= 4 is 5.97 Å². The zero-order chi connectivity index (χ0) is 14.4. The highest BCUT2D eigenvalue weighted by molar-refractivity contribution is 5.87. The molecule has 0 atom stereocenters. The molecule has 0 saturated carbocycles. The maximum atomic E-state index is 10.9. The second-order valence-corrected chi connectivity index (χ2v) is 4.42. The molecule has 0 aliphatic rings. The van der Waals surface area contributed by atoms with E-state index in [2.05, 4.69) is 11.4 Å². The number of benzene rings is 2. The lowest BCUT2D eigenvalue weighted by Gasteiger charge is -2.06. The van der Waals surface area contributed by atoms with Crippen molar-refractivity contribution in [3.05, 3.63) is 70.8 Å². The zero-order valence-corrected chi connectivity index (χ0v) is 10.8. The molecule has 2 rings (SSSR count). The van der Waals surface area contributed by atoms with Crippen molar-refractivity contribution in [3.63, 3.8) is 0 Å². The molecule has 4 nitrogen and oxygen atoms in total. The predicted octanol–water partition coefficient (Wildman–Crippen LogP) is 2.55. The third-order valence-electron chi connectivity index (χ3n) is 2.89. The van der Waals surface area contributed by atoms with Crippen LogP contribution < -0.4 is 5.32 Å². The summed E-state index contributed by atoms with van der Waals surface area (Å²) in [5.41, 5.74) is 2.87. The van der Waals surface area contributed by atoms with Crippen molar-refractivity contribution in [2.45, 2.75) is 13.1 Å². The standard InChI is InChI=1S/C16H14N2O2/c17-9-12-3-1-4-13(7-12)10-18-11-14-5-2-6-15(8-14)16(19)20/h1-8,18H,10-11H2,(H,19,20). The summed E-state index contributed by atoms with van der Waals surface area (Å²) < 4.78 is 0. The van der Waals surface area contributed by atoms with Crippen LogP contribution in [0, 0.1) is 11.3 Å². The second-order valence-electron chi connectivity index (χ2n) is 4.42. The number of aromatic carboxylic acids is 1. The number of nitrogens with one attached hydrogen (secondary N) is 1. The number of rotatable bonds is 5. The number of carboxylic acids is 1. The lowest BCUT2D eigenvalue weighted by atomic mass is 10.1. The molecular weight excluding hydrogens is 252 g/mol. The van der Waals surface area contributed by atoms with Crippen LogP contribution in [0.25, 0.3) is 0 Å². The minimum atomic E-state index is -0.923. The van der Waals surface area contributed by atoms with Gasteiger partial charge < -0.3 is 10.4 Å². The molecule has 0 aliphatic heterocycles. The van der Waals surface area contributed by atoms with E-state index in [4.69, 9.17) is 10.4 Å². The van der Waals surface area contributed by atoms with Gasteiger partial charge in [0.25, 0.3) is 0 Å². The minimum Gasteiger partial charge on any atom is -0.478 e. The highest BCUT2D eigenvalue weighted by Crippen LogP contribution is 2.07. The van der Waals surface area contributed by atoms with Crippen molar-refractivity contribution in [2.75, 3.05) is 0 Å². The number of carboxylic acid groups (broad SMARTS) is 1. The lowest BCUT2D eigenvalue weighted by Crippen LogP contribution is -2.13. The molecule has 0 radical (unpaired) electrons. The maximum absolute atomic E-state index is 10.9. The summed E-state index contributed by atoms with van der Waals surface area (Å²) in [4.78, 5) is 10.9. The smallest absolute Gasteiger partial charge is 0.335 e. The summed E-state index contributed by atoms with van der Waals surface area (Å²) in [7, 11) is 0. The molecule has 0 aromatic heterocycles. The van der Waals surface area contributed by atoms with E-state index in [1.807, 2.05) is 24.3 Å². The Labute approximate surface area is 117 Å². The monoisotopic (exact) mass is 266 g/mol. The first kappa shape index (κ1) is 13.8. The lowest BCUT2D eigenvalue weighted by molar-refractivity contribution is 0.0696. The fourth-order valence-corrected chi connectivity index (χ4v) is 1.92. The Morgan fingerprint density at radius 3 is 2.40 bits per heavy atom. The van der Waals surface area contributed by atoms with Crippen molar-refractivity contribution < 1.29 is 9.90 Å². The van der Waals surface area contributed by atoms with Gasteiger partial charge in [-0.25, -0.2) is 4.79 Å². The molecule has 0 amide bonds. The van der Waals surface area contributed by atoms with Gasteiger partial charge in [-0.05, 0) is 35.4 Å². The van der Waals surface area contributed by atoms with Gasteiger partial charge in [0, 0.05) is 13.1 Å². The van der Waals surface area contributed by atoms with Gasteiger partial charge in [0.15, 0.2) is 0 Å². The fraction of sp³-hybridized carbons (Fsp3) is 0.125. The van der Waals surface area contributed by atoms with Gasteiger partial charge in [-0.15, -0.1) is 0 Å². The van der Waals surface area contributed by atoms with E-state index in [9.17, 15) is 4.79 Å². The Hall–Kier alpha value is -2.64. The molecule has 2 aromatic carbocycles. The van der Waals surface area contributed by atoms with Gasteiger partial charge in [0.2, 0.25) is 0 Å². The zero-order valence-electron chi connectivity index (χ0n) is 10.8. The highest BCUT2D eigenvalue weighted by Gasteiger charge is 2.03. The molecule has 100 valence electrons. The van der Waals surface area contributed by atoms with Crippen LogP contribution in [0.5, 0.6) is 0 Å². The molecule has 4 heteroatoms. The molecule has 2 aromatic rings. The van der Waals surface area contributed by atoms with Crippen LogP contribution in [0.4, 0.5) is 0 Å². The Balaban J connectivity index is 1.94. The Kier molecular flexibility index (Phi) is 4.48. The van der Waals surface area contributed by atoms with Crippen molar-refractivity contribution in [1.29, 1.82) is 5.26 Å². The predicted molar refractivity (Wildman–Crippen MR) is 75.1 cm³/mol. The Morgan fingerprint density at radius 1 is 1.10 bits per heavy atom. The highest BCUT2D eigenvalue weighted by atomic mass is 16.4. The van der Waals surface area contributed by atoms with Crippen LogP contribution in [-0.4, -0.2) is 11.1 Å². The first-order valence-corrected chi connectivity index (χ1v) is 6.21. The number of nitriles is 1. The van der Waals surface area contributed by atoms with Crippen LogP contribution in [0.15, 0.2) is 48.5 Å². The first-order chi connectivity index (χ1) is 9.69. The molecule has 0 aliphatic carbocycles. The van der Waals surface area contributed by atoms with Gasteiger partial charge in [-0.1, -0.05) is 24.3 Å². The maximum Gasteiger partial charge on any atom is 0.335 e. The van der Waals surface area contributed by atoms with E-state index in [1.54, 1.807) is 24.3 Å². The van der Waals surface area contributed by atoms with E-state index in [0.717, 1.165) is 11.1 Å². The molecular formula is C16H14N2O2. The minimum absolute atomic E-state index is 0.288. The van der Waals surface area contributed by atoms with Crippen LogP contribution in [-0.2, 0) is 13.1 Å². The fourth-order valence-electron chi connectivity index (χ4n) is 1.92. The van der Waals surface area contributed by atoms with Gasteiger partial charge in [0.1, 0.15) is 0 Å². The summed E-state index contributed by atoms with van der Waals surface area (Å²) >= 11 is 0. The molecule has 0 saturated heterocycles. The summed E-state index contributed by atoms with van der Waals surface area (Å²) in [6, 6.07) is 16.3. The van der Waals surface area contributed by atoms with Gasteiger partial charge in [-0.2, -0.15) is 5.26 Å². The summed E-state index contributed by atoms with van der Waals surface area (Å²) in [6.45, 7) is 1.21. The molecule has 0 unspecified atom stereocenters. The van der Waals surface area contributed by atoms with E-state index in [-0.39, 0.29) is 5.56 Å². The quantitative estimate of drug-likeness (QED) is 0.872. The molecule has 0 spiro atoms. The van der Waals surface area contributed by atoms with Crippen LogP contribution >= 0.6 is 0 Å². The molecule has 0 fully saturated rings. The van der Waals surface area contributed by atoms with Gasteiger partial charge >= 0.3 is 5.97 Å². The molecule has 20 heavy (non-hydrogen) atoms. The van der Waals surface area contributed by atoms with Crippen LogP contribution in [0.3, 0.4) is 0 Å². The Morgan fingerprint density at radius 2 is 1.75 bits per heavy atom. The topological polar surface area (TPSA) is 73.1 Å². The number of hydrogen-bond acceptors (Lipinski definition) is 3. The Bertz CT molecular complexity index is 660. The SMILES string of the molecule is N#Cc1cccc(CNCc2cccc(C(=O)O)c2)c1. The van der Waals surface area contributed by atoms with Gasteiger partial charge in [0.05, 0.1) is 17.2 Å². The van der Waals surface area contributed by atoms with E-state index in [0.29, 0.717) is 18.7 Å². The average molecular weight is 266 g/mol. The largest absolute Gasteiger partial charge is 0.478 e. The van der Waals surface area contributed by atoms with E-state index in [1.165, 1.54) is 0 Å². The normalized spacial score (nSPS) is 9.95. The summed E-state index contributed by atoms with van der Waals surface area (Å²) in [5, 5.41) is 21.0. The van der Waals surface area contributed by atoms with Gasteiger partial charge in [-0.3, -0.25) is 0 Å². The number of nitrogens with zero attached hydrogens (tertiary/aromatic N) is 1. The van der Waals surface area contributed by atoms with Crippen LogP contribution in [0.2, 0.25) is 0 Å². The third kappa shape index (κ3) is 3.67. The molecule has 0 heterocycles. The summed E-state index contributed by atoms with van der Waals surface area (Å²) in [6.07, 6.45) is 0. The van der Waals surface area contributed by atoms with Crippen molar-refractivity contribution in [2.24, 2.45) is 0 Å². The number of hydrogen-bond donors (Lipinski definition) is 2. The van der Waals surface area contributed by atoms with Crippen LogP contribution in [0.1, 0.15) is 27.0 Å². The van der Waals surface area contributed by atoms with E-state index < -0.39 is 5.97 Å². The second kappa shape index (κ2) is 6.50. The van der Waals surface area contributed by atoms with Crippen molar-refractivity contribution in [3.8, 4) is 6.07 Å². The average Bonchev–Trinajstić information content (AvgIpc) is 2.48. The van der Waals surface area contributed by atoms with Crippen molar-refractivity contribution in [1.82, 2.24) is 5.32 Å². The molecule has 2 N–H and O–H groups in total. The third-order valence-corrected chi connectivity index (χ3v) is 2.89. The first-order valence-electron chi connectivity index (χ1n) is 6.21.